The molecule has 1 fully saturated rings. The van der Waals surface area contributed by atoms with Crippen LogP contribution >= 0.6 is 0 Å². The first kappa shape index (κ1) is 28.3. The Morgan fingerprint density at radius 1 is 0.667 bits per heavy atom. The molecule has 3 N–H and O–H groups in total. The van der Waals surface area contributed by atoms with Gasteiger partial charge in [-0.25, -0.2) is 0 Å². The summed E-state index contributed by atoms with van der Waals surface area (Å²) in [5, 5.41) is 13.6. The Kier molecular flexibility index (Phi) is 10.1. The molecule has 1 heterocycles. The average molecular weight is 524 g/mol. The maximum atomic E-state index is 11.8. The number of unbranched alkanes of at least 4 members (excludes halogenated alkanes) is 1. The number of nitrogens with two attached hydrogens (primary N) is 1. The quantitative estimate of drug-likeness (QED) is 0.148. The minimum Gasteiger partial charge on any atom is -0.370 e. The summed E-state index contributed by atoms with van der Waals surface area (Å²) in [4.78, 5) is 24.3. The predicted octanol–water partition coefficient (Wildman–Crippen LogP) is 7.01. The Hall–Kier alpha value is -3.70. The molecular weight excluding hydrogens is 482 g/mol. The zero-order chi connectivity index (χ0) is 27.6. The molecule has 5 heteroatoms. The average Bonchev–Trinajstić information content (AvgIpc) is 3.24. The van der Waals surface area contributed by atoms with E-state index in [1.807, 2.05) is 19.0 Å². The van der Waals surface area contributed by atoms with Crippen molar-refractivity contribution in [3.05, 3.63) is 72.8 Å². The fraction of sp³-hybridized carbons (Fsp3) is 0.353. The molecule has 5 nitrogen and oxygen atoms in total. The van der Waals surface area contributed by atoms with Gasteiger partial charge in [0.15, 0.2) is 0 Å². The van der Waals surface area contributed by atoms with Crippen molar-refractivity contribution in [1.29, 1.82) is 0 Å². The van der Waals surface area contributed by atoms with Crippen LogP contribution in [0, 0.1) is 0 Å². The summed E-state index contributed by atoms with van der Waals surface area (Å²) in [5.74, 6) is -0.0337. The highest BCUT2D eigenvalue weighted by atomic mass is 16.2. The highest BCUT2D eigenvalue weighted by Gasteiger charge is 2.15. The number of amides is 2. The number of rotatable bonds is 5. The van der Waals surface area contributed by atoms with E-state index in [1.165, 1.54) is 55.9 Å². The summed E-state index contributed by atoms with van der Waals surface area (Å²) in [7, 11) is 3.75. The number of likely N-dealkylation sites (tertiary alicyclic amines) is 1. The first-order valence-corrected chi connectivity index (χ1v) is 14.2. The van der Waals surface area contributed by atoms with Crippen molar-refractivity contribution in [3.63, 3.8) is 0 Å². The number of primary amides is 1. The van der Waals surface area contributed by atoms with Gasteiger partial charge in [-0.3, -0.25) is 9.59 Å². The minimum absolute atomic E-state index is 0.242. The summed E-state index contributed by atoms with van der Waals surface area (Å²) >= 11 is 0. The molecule has 0 spiro atoms. The molecule has 2 amide bonds. The van der Waals surface area contributed by atoms with Gasteiger partial charge in [0.2, 0.25) is 11.8 Å². The van der Waals surface area contributed by atoms with E-state index in [0.717, 1.165) is 38.8 Å². The first-order chi connectivity index (χ1) is 19.0. The van der Waals surface area contributed by atoms with Crippen molar-refractivity contribution in [1.82, 2.24) is 10.2 Å². The number of carbonyl (C=O) groups is 2. The van der Waals surface area contributed by atoms with Crippen LogP contribution in [0.25, 0.3) is 43.1 Å². The number of benzene rings is 5. The molecule has 204 valence electrons. The van der Waals surface area contributed by atoms with Crippen molar-refractivity contribution in [2.24, 2.45) is 5.73 Å². The van der Waals surface area contributed by atoms with Crippen molar-refractivity contribution in [2.45, 2.75) is 51.4 Å². The normalized spacial score (nSPS) is 13.5. The third-order valence-corrected chi connectivity index (χ3v) is 7.41. The van der Waals surface area contributed by atoms with Crippen LogP contribution in [0.1, 0.15) is 51.4 Å². The van der Waals surface area contributed by atoms with Gasteiger partial charge in [0.05, 0.1) is 0 Å². The van der Waals surface area contributed by atoms with Gasteiger partial charge in [-0.05, 0) is 82.9 Å². The lowest BCUT2D eigenvalue weighted by Crippen LogP contribution is -2.31. The standard InChI is InChI=1S/C20H12.C12H22N2O2.C2H7N/c1-5-13-6-2-11-17-18-12-4-8-14-7-3-10-16(20(14)18)15(9-1)19(13)17;13-11(15)7-3-4-8-12(16)14-9-5-1-2-6-10-14;1-3-2/h1-12H;1-10H2,(H2,13,15);3H,1-2H3. The fourth-order valence-electron chi connectivity index (χ4n) is 5.63. The monoisotopic (exact) mass is 523 g/mol. The summed E-state index contributed by atoms with van der Waals surface area (Å²) in [6.07, 6.45) is 7.21. The van der Waals surface area contributed by atoms with Gasteiger partial charge < -0.3 is 16.0 Å². The number of fused-ring (bicyclic) bond motifs is 2. The van der Waals surface area contributed by atoms with Gasteiger partial charge in [0.1, 0.15) is 0 Å². The predicted molar refractivity (Wildman–Crippen MR) is 165 cm³/mol. The molecule has 0 radical (unpaired) electrons. The van der Waals surface area contributed by atoms with E-state index in [4.69, 9.17) is 5.73 Å². The molecule has 5 aromatic carbocycles. The maximum absolute atomic E-state index is 11.8. The van der Waals surface area contributed by atoms with Crippen molar-refractivity contribution < 1.29 is 9.59 Å². The van der Waals surface area contributed by atoms with E-state index >= 15 is 0 Å². The number of nitrogens with zero attached hydrogens (tertiary/aromatic N) is 1. The van der Waals surface area contributed by atoms with E-state index in [2.05, 4.69) is 78.1 Å². The number of hydrogen-bond acceptors (Lipinski definition) is 3. The lowest BCUT2D eigenvalue weighted by Gasteiger charge is -2.20. The highest BCUT2D eigenvalue weighted by molar-refractivity contribution is 6.32. The van der Waals surface area contributed by atoms with Gasteiger partial charge in [-0.1, -0.05) is 85.6 Å². The molecule has 5 aromatic rings. The SMILES string of the molecule is CNC.NC(=O)CCCCC(=O)N1CCCCCC1.c1cc2cccc3c4cccc5cccc(c(c1)c23)c54. The molecule has 39 heavy (non-hydrogen) atoms. The van der Waals surface area contributed by atoms with Crippen molar-refractivity contribution in [3.8, 4) is 0 Å². The van der Waals surface area contributed by atoms with Crippen LogP contribution in [0.15, 0.2) is 72.8 Å². The second kappa shape index (κ2) is 13.9. The van der Waals surface area contributed by atoms with E-state index < -0.39 is 0 Å². The van der Waals surface area contributed by atoms with Crippen molar-refractivity contribution >= 4 is 54.9 Å². The minimum atomic E-state index is -0.276. The number of nitrogens with one attached hydrogen (secondary N) is 1. The molecule has 0 saturated carbocycles. The molecule has 1 saturated heterocycles. The highest BCUT2D eigenvalue weighted by Crippen LogP contribution is 2.39. The molecule has 1 aliphatic heterocycles. The molecule has 0 bridgehead atoms. The van der Waals surface area contributed by atoms with Crippen LogP contribution in [0.5, 0.6) is 0 Å². The third-order valence-electron chi connectivity index (χ3n) is 7.41. The first-order valence-electron chi connectivity index (χ1n) is 14.2. The molecular formula is C34H41N3O2. The molecule has 0 atom stereocenters. The maximum Gasteiger partial charge on any atom is 0.222 e. The molecule has 0 unspecified atom stereocenters. The van der Waals surface area contributed by atoms with Gasteiger partial charge in [0, 0.05) is 25.9 Å². The zero-order valence-electron chi connectivity index (χ0n) is 23.3. The van der Waals surface area contributed by atoms with Gasteiger partial charge in [0.25, 0.3) is 0 Å². The summed E-state index contributed by atoms with van der Waals surface area (Å²) < 4.78 is 0. The Labute approximate surface area is 231 Å². The summed E-state index contributed by atoms with van der Waals surface area (Å²) in [6, 6.07) is 26.4. The lowest BCUT2D eigenvalue weighted by molar-refractivity contribution is -0.131. The Balaban J connectivity index is 0.000000169. The van der Waals surface area contributed by atoms with Crippen LogP contribution in [-0.4, -0.2) is 43.9 Å². The molecule has 1 aliphatic rings. The largest absolute Gasteiger partial charge is 0.370 e. The summed E-state index contributed by atoms with van der Waals surface area (Å²) in [5.41, 5.74) is 5.04. The van der Waals surface area contributed by atoms with E-state index in [9.17, 15) is 9.59 Å². The van der Waals surface area contributed by atoms with Gasteiger partial charge in [-0.2, -0.15) is 0 Å². The third kappa shape index (κ3) is 6.85. The Bertz CT molecular complexity index is 1350. The van der Waals surface area contributed by atoms with E-state index in [-0.39, 0.29) is 11.8 Å². The molecule has 0 aromatic heterocycles. The van der Waals surface area contributed by atoms with Gasteiger partial charge >= 0.3 is 0 Å². The van der Waals surface area contributed by atoms with Crippen LogP contribution in [0.2, 0.25) is 0 Å². The zero-order valence-corrected chi connectivity index (χ0v) is 23.3. The Morgan fingerprint density at radius 3 is 1.44 bits per heavy atom. The molecule has 0 aliphatic carbocycles. The van der Waals surface area contributed by atoms with Gasteiger partial charge in [-0.15, -0.1) is 0 Å². The van der Waals surface area contributed by atoms with Crippen LogP contribution in [0.3, 0.4) is 0 Å². The van der Waals surface area contributed by atoms with E-state index in [1.54, 1.807) is 0 Å². The van der Waals surface area contributed by atoms with Crippen LogP contribution < -0.4 is 11.1 Å². The van der Waals surface area contributed by atoms with Crippen molar-refractivity contribution in [2.75, 3.05) is 27.2 Å². The smallest absolute Gasteiger partial charge is 0.222 e. The topological polar surface area (TPSA) is 75.4 Å². The van der Waals surface area contributed by atoms with Crippen LogP contribution in [-0.2, 0) is 9.59 Å². The number of hydrogen-bond donors (Lipinski definition) is 2. The van der Waals surface area contributed by atoms with E-state index in [0.29, 0.717) is 12.8 Å². The summed E-state index contributed by atoms with van der Waals surface area (Å²) in [6.45, 7) is 1.82. The second-order valence-corrected chi connectivity index (χ2v) is 10.4. The Morgan fingerprint density at radius 2 is 1.05 bits per heavy atom. The lowest BCUT2D eigenvalue weighted by atomic mass is 9.90. The van der Waals surface area contributed by atoms with Crippen LogP contribution in [0.4, 0.5) is 0 Å². The fourth-order valence-corrected chi connectivity index (χ4v) is 5.63. The molecule has 6 rings (SSSR count). The number of carbonyl (C=O) groups excluding carboxylic acids is 2. The second-order valence-electron chi connectivity index (χ2n) is 10.4.